The van der Waals surface area contributed by atoms with E-state index in [1.54, 1.807) is 18.2 Å². The normalized spacial score (nSPS) is 22.1. The van der Waals surface area contributed by atoms with Gasteiger partial charge in [-0.3, -0.25) is 0 Å². The van der Waals surface area contributed by atoms with Crippen molar-refractivity contribution in [3.63, 3.8) is 0 Å². The molecule has 0 spiro atoms. The van der Waals surface area contributed by atoms with Gasteiger partial charge in [0.05, 0.1) is 25.7 Å². The molecule has 1 saturated heterocycles. The standard InChI is InChI=1S/C29H33F3N4O5/c1-39-15-23(36-17-29(31,32)16-33-27(36)37)20-9-12-24-22(13-20)34-26(41-24)25(19-7-10-21(30)11-8-19)35-28(38)40-14-18-5-3-2-4-6-18/h2-6,9,12-13,19,21,23,25H,7-8,10-11,14-17H2,1H3,(H,33,37)(H,35,38)/t19?,21?,23-,25-/m0/s1. The number of urea groups is 1. The molecule has 12 heteroatoms. The molecule has 2 atom stereocenters. The van der Waals surface area contributed by atoms with E-state index in [-0.39, 0.29) is 25.0 Å². The number of alkyl carbamates (subject to hydrolysis) is 1. The van der Waals surface area contributed by atoms with E-state index in [1.807, 2.05) is 30.3 Å². The Balaban J connectivity index is 1.39. The van der Waals surface area contributed by atoms with Crippen LogP contribution in [0.1, 0.15) is 54.8 Å². The Bertz CT molecular complexity index is 1350. The number of carbonyl (C=O) groups excluding carboxylic acids is 2. The number of methoxy groups -OCH3 is 1. The van der Waals surface area contributed by atoms with Crippen LogP contribution in [0.15, 0.2) is 52.9 Å². The second kappa shape index (κ2) is 12.4. The Morgan fingerprint density at radius 1 is 1.20 bits per heavy atom. The summed E-state index contributed by atoms with van der Waals surface area (Å²) in [5.41, 5.74) is 2.21. The fraction of sp³-hybridized carbons (Fsp3) is 0.483. The van der Waals surface area contributed by atoms with Gasteiger partial charge in [0.25, 0.3) is 5.92 Å². The number of ether oxygens (including phenoxy) is 2. The second-order valence-corrected chi connectivity index (χ2v) is 10.6. The van der Waals surface area contributed by atoms with E-state index < -0.39 is 49.4 Å². The number of oxazole rings is 1. The Morgan fingerprint density at radius 3 is 2.68 bits per heavy atom. The third-order valence-corrected chi connectivity index (χ3v) is 7.60. The van der Waals surface area contributed by atoms with Crippen molar-refractivity contribution in [1.82, 2.24) is 20.5 Å². The SMILES string of the molecule is COC[C@@H](c1ccc2oc([C@@H](NC(=O)OCc3ccccc3)C3CCC(F)CC3)nc2c1)N1CC(F)(F)CNC1=O. The largest absolute Gasteiger partial charge is 0.445 e. The first-order chi connectivity index (χ1) is 19.7. The molecule has 41 heavy (non-hydrogen) atoms. The molecular formula is C29H33F3N4O5. The highest BCUT2D eigenvalue weighted by Crippen LogP contribution is 2.37. The van der Waals surface area contributed by atoms with E-state index in [4.69, 9.17) is 13.9 Å². The Labute approximate surface area is 235 Å². The van der Waals surface area contributed by atoms with Gasteiger partial charge in [-0.1, -0.05) is 36.4 Å². The number of amides is 3. The van der Waals surface area contributed by atoms with Gasteiger partial charge < -0.3 is 29.4 Å². The number of halogens is 3. The van der Waals surface area contributed by atoms with Crippen molar-refractivity contribution in [3.8, 4) is 0 Å². The number of hydrogen-bond donors (Lipinski definition) is 2. The highest BCUT2D eigenvalue weighted by molar-refractivity contribution is 5.77. The molecule has 0 unspecified atom stereocenters. The maximum Gasteiger partial charge on any atom is 0.408 e. The number of carbonyl (C=O) groups is 2. The van der Waals surface area contributed by atoms with Gasteiger partial charge in [0.1, 0.15) is 24.3 Å². The Hall–Kier alpha value is -3.80. The van der Waals surface area contributed by atoms with Crippen molar-refractivity contribution in [1.29, 1.82) is 0 Å². The minimum absolute atomic E-state index is 0.0103. The molecule has 2 aromatic carbocycles. The smallest absolute Gasteiger partial charge is 0.408 e. The molecule has 2 fully saturated rings. The summed E-state index contributed by atoms with van der Waals surface area (Å²) in [4.78, 5) is 31.0. The first-order valence-electron chi connectivity index (χ1n) is 13.7. The zero-order chi connectivity index (χ0) is 29.0. The molecule has 0 bridgehead atoms. The van der Waals surface area contributed by atoms with Crippen molar-refractivity contribution in [2.75, 3.05) is 26.8 Å². The van der Waals surface area contributed by atoms with Crippen LogP contribution >= 0.6 is 0 Å². The van der Waals surface area contributed by atoms with Crippen LogP contribution in [0.2, 0.25) is 0 Å². The van der Waals surface area contributed by atoms with E-state index in [2.05, 4.69) is 15.6 Å². The van der Waals surface area contributed by atoms with Crippen molar-refractivity contribution in [2.24, 2.45) is 5.92 Å². The molecule has 220 valence electrons. The summed E-state index contributed by atoms with van der Waals surface area (Å²) >= 11 is 0. The summed E-state index contributed by atoms with van der Waals surface area (Å²) in [6.45, 7) is -1.40. The average Bonchev–Trinajstić information content (AvgIpc) is 3.39. The number of hydrogen-bond acceptors (Lipinski definition) is 6. The van der Waals surface area contributed by atoms with Gasteiger partial charge in [0, 0.05) is 7.11 Å². The molecule has 9 nitrogen and oxygen atoms in total. The van der Waals surface area contributed by atoms with E-state index in [0.29, 0.717) is 42.3 Å². The molecule has 1 aromatic heterocycles. The van der Waals surface area contributed by atoms with Gasteiger partial charge in [0.15, 0.2) is 5.58 Å². The lowest BCUT2D eigenvalue weighted by Crippen LogP contribution is -2.58. The quantitative estimate of drug-likeness (QED) is 0.341. The van der Waals surface area contributed by atoms with Crippen LogP contribution < -0.4 is 10.6 Å². The fourth-order valence-electron chi connectivity index (χ4n) is 5.45. The molecule has 3 amide bonds. The molecule has 1 aliphatic heterocycles. The van der Waals surface area contributed by atoms with Gasteiger partial charge in [-0.15, -0.1) is 0 Å². The van der Waals surface area contributed by atoms with Crippen molar-refractivity contribution < 1.29 is 36.7 Å². The molecular weight excluding hydrogens is 541 g/mol. The van der Waals surface area contributed by atoms with E-state index in [1.165, 1.54) is 7.11 Å². The third kappa shape index (κ3) is 6.92. The summed E-state index contributed by atoms with van der Waals surface area (Å²) < 4.78 is 59.0. The van der Waals surface area contributed by atoms with Gasteiger partial charge in [-0.2, -0.15) is 0 Å². The summed E-state index contributed by atoms with van der Waals surface area (Å²) in [7, 11) is 1.43. The van der Waals surface area contributed by atoms with Crippen LogP contribution in [0.4, 0.5) is 22.8 Å². The topological polar surface area (TPSA) is 106 Å². The summed E-state index contributed by atoms with van der Waals surface area (Å²) in [6.07, 6.45) is 0.258. The highest BCUT2D eigenvalue weighted by atomic mass is 19.3. The molecule has 2 heterocycles. The lowest BCUT2D eigenvalue weighted by molar-refractivity contribution is -0.0509. The summed E-state index contributed by atoms with van der Waals surface area (Å²) in [5, 5.41) is 5.10. The van der Waals surface area contributed by atoms with Crippen molar-refractivity contribution >= 4 is 23.2 Å². The first-order valence-corrected chi connectivity index (χ1v) is 13.7. The molecule has 1 aliphatic carbocycles. The summed E-state index contributed by atoms with van der Waals surface area (Å²) in [5.74, 6) is -2.97. The number of fused-ring (bicyclic) bond motifs is 1. The molecule has 5 rings (SSSR count). The maximum atomic E-state index is 14.2. The molecule has 0 radical (unpaired) electrons. The number of aromatic nitrogens is 1. The van der Waals surface area contributed by atoms with E-state index in [0.717, 1.165) is 10.5 Å². The minimum Gasteiger partial charge on any atom is -0.445 e. The third-order valence-electron chi connectivity index (χ3n) is 7.60. The Kier molecular flexibility index (Phi) is 8.67. The average molecular weight is 575 g/mol. The van der Waals surface area contributed by atoms with Crippen LogP contribution in [0.5, 0.6) is 0 Å². The monoisotopic (exact) mass is 574 g/mol. The maximum absolute atomic E-state index is 14.2. The molecule has 3 aromatic rings. The first kappa shape index (κ1) is 28.7. The zero-order valence-corrected chi connectivity index (χ0v) is 22.7. The van der Waals surface area contributed by atoms with E-state index in [9.17, 15) is 22.8 Å². The van der Waals surface area contributed by atoms with Crippen molar-refractivity contribution in [2.45, 2.75) is 56.5 Å². The van der Waals surface area contributed by atoms with Crippen LogP contribution in [0.25, 0.3) is 11.1 Å². The minimum atomic E-state index is -3.09. The highest BCUT2D eigenvalue weighted by Gasteiger charge is 2.42. The number of benzene rings is 2. The predicted molar refractivity (Wildman–Crippen MR) is 143 cm³/mol. The van der Waals surface area contributed by atoms with Crippen LogP contribution in [0, 0.1) is 5.92 Å². The molecule has 2 aliphatic rings. The van der Waals surface area contributed by atoms with Crippen LogP contribution in [-0.2, 0) is 16.1 Å². The fourth-order valence-corrected chi connectivity index (χ4v) is 5.45. The van der Waals surface area contributed by atoms with E-state index >= 15 is 0 Å². The number of nitrogens with one attached hydrogen (secondary N) is 2. The number of alkyl halides is 3. The van der Waals surface area contributed by atoms with Gasteiger partial charge in [0.2, 0.25) is 5.89 Å². The summed E-state index contributed by atoms with van der Waals surface area (Å²) in [6, 6.07) is 12.2. The van der Waals surface area contributed by atoms with Gasteiger partial charge in [-0.25, -0.2) is 27.7 Å². The predicted octanol–water partition coefficient (Wildman–Crippen LogP) is 5.67. The number of rotatable bonds is 9. The second-order valence-electron chi connectivity index (χ2n) is 10.6. The van der Waals surface area contributed by atoms with Crippen molar-refractivity contribution in [3.05, 3.63) is 65.5 Å². The Morgan fingerprint density at radius 2 is 1.95 bits per heavy atom. The lowest BCUT2D eigenvalue weighted by atomic mass is 9.83. The molecule has 1 saturated carbocycles. The molecule has 2 N–H and O–H groups in total. The van der Waals surface area contributed by atoms with Crippen LogP contribution in [0.3, 0.4) is 0 Å². The van der Waals surface area contributed by atoms with Crippen LogP contribution in [-0.4, -0.2) is 60.9 Å². The zero-order valence-electron chi connectivity index (χ0n) is 22.7. The number of nitrogens with zero attached hydrogens (tertiary/aromatic N) is 2. The van der Waals surface area contributed by atoms with Gasteiger partial charge in [-0.05, 0) is 54.9 Å². The lowest BCUT2D eigenvalue weighted by Gasteiger charge is -2.38. The van der Waals surface area contributed by atoms with Gasteiger partial charge >= 0.3 is 12.1 Å².